The lowest BCUT2D eigenvalue weighted by Crippen LogP contribution is -2.42. The standard InChI is InChI=1S/C24H20Cl2N6O3S/c1-24(12-14-4-6-15(7-5-14)19-3-2-8-29-21(19)27)22(33)31(18-10-16(25)9-17(26)11-18)23-30-13-20(32(23)24)36(28,34)35/h2-11,13H,12H2,1H3,(H2,27,29)(H2,28,34,35)/t24-/m1/s1. The van der Waals surface area contributed by atoms with Crippen molar-refractivity contribution in [2.45, 2.75) is 23.9 Å². The number of pyridine rings is 1. The zero-order chi connectivity index (χ0) is 25.8. The highest BCUT2D eigenvalue weighted by Crippen LogP contribution is 2.44. The van der Waals surface area contributed by atoms with Gasteiger partial charge < -0.3 is 5.73 Å². The molecule has 0 unspecified atom stereocenters. The second kappa shape index (κ2) is 8.59. The van der Waals surface area contributed by atoms with Gasteiger partial charge in [0.25, 0.3) is 15.9 Å². The number of sulfonamides is 1. The molecule has 1 atom stereocenters. The van der Waals surface area contributed by atoms with Gasteiger partial charge in [0, 0.05) is 28.2 Å². The lowest BCUT2D eigenvalue weighted by molar-refractivity contribution is -0.124. The minimum absolute atomic E-state index is 0.101. The number of fused-ring (bicyclic) bond motifs is 1. The molecule has 1 aliphatic rings. The Hall–Kier alpha value is -3.44. The van der Waals surface area contributed by atoms with Crippen molar-refractivity contribution in [1.29, 1.82) is 0 Å². The topological polar surface area (TPSA) is 137 Å². The third kappa shape index (κ3) is 4.01. The van der Waals surface area contributed by atoms with Crippen molar-refractivity contribution in [1.82, 2.24) is 14.5 Å². The number of nitrogens with two attached hydrogens (primary N) is 2. The molecule has 2 aromatic carbocycles. The molecule has 0 bridgehead atoms. The first kappa shape index (κ1) is 24.3. The Morgan fingerprint density at radius 3 is 2.31 bits per heavy atom. The fourth-order valence-electron chi connectivity index (χ4n) is 4.49. The zero-order valence-electron chi connectivity index (χ0n) is 18.9. The molecule has 0 aliphatic carbocycles. The SMILES string of the molecule is C[C@@]1(Cc2ccc(-c3cccnc3N)cc2)C(=O)N(c2cc(Cl)cc(Cl)c2)c2ncc(S(N)(=O)=O)n21. The number of benzene rings is 2. The van der Waals surface area contributed by atoms with E-state index >= 15 is 0 Å². The summed E-state index contributed by atoms with van der Waals surface area (Å²) in [6.07, 6.45) is 2.92. The molecule has 1 aliphatic heterocycles. The Labute approximate surface area is 217 Å². The van der Waals surface area contributed by atoms with Crippen molar-refractivity contribution in [2.24, 2.45) is 5.14 Å². The molecular weight excluding hydrogens is 523 g/mol. The normalized spacial score (nSPS) is 17.4. The Morgan fingerprint density at radius 1 is 1.03 bits per heavy atom. The molecule has 0 radical (unpaired) electrons. The molecule has 12 heteroatoms. The van der Waals surface area contributed by atoms with Gasteiger partial charge in [-0.1, -0.05) is 47.5 Å². The average Bonchev–Trinajstić information content (AvgIpc) is 3.33. The third-order valence-electron chi connectivity index (χ3n) is 6.12. The average molecular weight is 543 g/mol. The first-order valence-electron chi connectivity index (χ1n) is 10.7. The second-order valence-corrected chi connectivity index (χ2v) is 11.0. The van der Waals surface area contributed by atoms with E-state index in [1.807, 2.05) is 30.3 Å². The summed E-state index contributed by atoms with van der Waals surface area (Å²) >= 11 is 12.4. The van der Waals surface area contributed by atoms with Crippen LogP contribution in [-0.4, -0.2) is 28.9 Å². The van der Waals surface area contributed by atoms with Crippen molar-refractivity contribution < 1.29 is 13.2 Å². The molecule has 0 spiro atoms. The van der Waals surface area contributed by atoms with E-state index in [-0.39, 0.29) is 17.4 Å². The monoisotopic (exact) mass is 542 g/mol. The summed E-state index contributed by atoms with van der Waals surface area (Å²) < 4.78 is 26.2. The van der Waals surface area contributed by atoms with Crippen molar-refractivity contribution in [3.63, 3.8) is 0 Å². The summed E-state index contributed by atoms with van der Waals surface area (Å²) in [5.74, 6) is 0.0962. The van der Waals surface area contributed by atoms with E-state index in [1.165, 1.54) is 15.5 Å². The number of nitrogens with zero attached hydrogens (tertiary/aromatic N) is 4. The van der Waals surface area contributed by atoms with Crippen LogP contribution in [0.1, 0.15) is 12.5 Å². The molecule has 4 N–H and O–H groups in total. The number of halogens is 2. The van der Waals surface area contributed by atoms with Crippen LogP contribution in [0.2, 0.25) is 10.0 Å². The number of nitrogen functional groups attached to an aromatic ring is 1. The number of rotatable bonds is 5. The van der Waals surface area contributed by atoms with Gasteiger partial charge in [-0.2, -0.15) is 0 Å². The van der Waals surface area contributed by atoms with Crippen molar-refractivity contribution >= 4 is 56.6 Å². The summed E-state index contributed by atoms with van der Waals surface area (Å²) in [4.78, 5) is 23.6. The van der Waals surface area contributed by atoms with E-state index in [0.717, 1.165) is 22.9 Å². The van der Waals surface area contributed by atoms with Crippen LogP contribution in [0.4, 0.5) is 17.5 Å². The first-order chi connectivity index (χ1) is 17.0. The maximum Gasteiger partial charge on any atom is 0.260 e. The van der Waals surface area contributed by atoms with E-state index in [9.17, 15) is 13.2 Å². The summed E-state index contributed by atoms with van der Waals surface area (Å²) in [5, 5.41) is 5.84. The van der Waals surface area contributed by atoms with Crippen molar-refractivity contribution in [3.05, 3.63) is 82.6 Å². The molecule has 4 aromatic rings. The quantitative estimate of drug-likeness (QED) is 0.389. The molecular formula is C24H20Cl2N6O3S. The maximum atomic E-state index is 13.9. The highest BCUT2D eigenvalue weighted by molar-refractivity contribution is 7.89. The molecule has 0 saturated carbocycles. The van der Waals surface area contributed by atoms with E-state index in [1.54, 1.807) is 31.3 Å². The number of hydrogen-bond acceptors (Lipinski definition) is 6. The number of aromatic nitrogens is 3. The molecule has 2 aromatic heterocycles. The lowest BCUT2D eigenvalue weighted by Gasteiger charge is -2.26. The van der Waals surface area contributed by atoms with Crippen molar-refractivity contribution in [3.8, 4) is 11.1 Å². The number of anilines is 3. The molecule has 36 heavy (non-hydrogen) atoms. The van der Waals surface area contributed by atoms with E-state index < -0.39 is 21.5 Å². The van der Waals surface area contributed by atoms with Crippen LogP contribution in [0.15, 0.2) is 72.0 Å². The summed E-state index contributed by atoms with van der Waals surface area (Å²) in [6.45, 7) is 1.65. The fraction of sp³-hybridized carbons (Fsp3) is 0.125. The lowest BCUT2D eigenvalue weighted by atomic mass is 9.91. The van der Waals surface area contributed by atoms with Gasteiger partial charge in [0.05, 0.1) is 11.9 Å². The van der Waals surface area contributed by atoms with Gasteiger partial charge in [0.1, 0.15) is 11.4 Å². The van der Waals surface area contributed by atoms with E-state index in [2.05, 4.69) is 9.97 Å². The molecule has 1 amide bonds. The molecule has 3 heterocycles. The minimum atomic E-state index is -4.19. The van der Waals surface area contributed by atoms with Crippen LogP contribution in [-0.2, 0) is 26.8 Å². The second-order valence-electron chi connectivity index (χ2n) is 8.63. The fourth-order valence-corrected chi connectivity index (χ4v) is 5.75. The number of hydrogen-bond donors (Lipinski definition) is 2. The zero-order valence-corrected chi connectivity index (χ0v) is 21.2. The van der Waals surface area contributed by atoms with Gasteiger partial charge in [-0.25, -0.2) is 28.4 Å². The van der Waals surface area contributed by atoms with Crippen molar-refractivity contribution in [2.75, 3.05) is 10.6 Å². The molecule has 0 saturated heterocycles. The smallest absolute Gasteiger partial charge is 0.260 e. The highest BCUT2D eigenvalue weighted by atomic mass is 35.5. The van der Waals surface area contributed by atoms with Gasteiger partial charge in [-0.15, -0.1) is 0 Å². The number of carbonyl (C=O) groups is 1. The molecule has 9 nitrogen and oxygen atoms in total. The summed E-state index contributed by atoms with van der Waals surface area (Å²) in [5.41, 5.74) is 7.41. The molecule has 0 fully saturated rings. The molecule has 184 valence electrons. The van der Waals surface area contributed by atoms with Crippen LogP contribution in [0.3, 0.4) is 0 Å². The van der Waals surface area contributed by atoms with Crippen LogP contribution < -0.4 is 15.8 Å². The Morgan fingerprint density at radius 2 is 1.69 bits per heavy atom. The summed E-state index contributed by atoms with van der Waals surface area (Å²) in [7, 11) is -4.19. The van der Waals surface area contributed by atoms with Gasteiger partial charge in [-0.05, 0) is 48.4 Å². The predicted molar refractivity (Wildman–Crippen MR) is 139 cm³/mol. The number of carbonyl (C=O) groups excluding carboxylic acids is 1. The van der Waals surface area contributed by atoms with Crippen LogP contribution in [0.5, 0.6) is 0 Å². The number of primary sulfonamides is 1. The maximum absolute atomic E-state index is 13.9. The number of imidazole rings is 1. The van der Waals surface area contributed by atoms with Crippen LogP contribution >= 0.6 is 23.2 Å². The minimum Gasteiger partial charge on any atom is -0.383 e. The predicted octanol–water partition coefficient (Wildman–Crippen LogP) is 4.12. The van der Waals surface area contributed by atoms with Crippen LogP contribution in [0, 0.1) is 0 Å². The van der Waals surface area contributed by atoms with Gasteiger partial charge in [0.15, 0.2) is 5.03 Å². The van der Waals surface area contributed by atoms with Crippen LogP contribution in [0.25, 0.3) is 11.1 Å². The highest BCUT2D eigenvalue weighted by Gasteiger charge is 2.51. The van der Waals surface area contributed by atoms with E-state index in [4.69, 9.17) is 34.1 Å². The third-order valence-corrected chi connectivity index (χ3v) is 7.42. The largest absolute Gasteiger partial charge is 0.383 e. The summed E-state index contributed by atoms with van der Waals surface area (Å²) in [6, 6.07) is 15.8. The molecule has 5 rings (SSSR count). The Kier molecular flexibility index (Phi) is 5.79. The Bertz CT molecular complexity index is 1600. The number of amides is 1. The van der Waals surface area contributed by atoms with E-state index in [0.29, 0.717) is 21.6 Å². The van der Waals surface area contributed by atoms with Gasteiger partial charge in [0.2, 0.25) is 5.95 Å². The Balaban J connectivity index is 1.60. The van der Waals surface area contributed by atoms with Gasteiger partial charge >= 0.3 is 0 Å². The first-order valence-corrected chi connectivity index (χ1v) is 13.0. The van der Waals surface area contributed by atoms with Gasteiger partial charge in [-0.3, -0.25) is 9.36 Å².